The molecular weight excluding hydrogens is 268 g/mol. The van der Waals surface area contributed by atoms with E-state index in [2.05, 4.69) is 60.7 Å². The van der Waals surface area contributed by atoms with Gasteiger partial charge in [0, 0.05) is 11.8 Å². The van der Waals surface area contributed by atoms with Crippen molar-refractivity contribution in [2.24, 2.45) is 23.7 Å². The van der Waals surface area contributed by atoms with Gasteiger partial charge in [0.25, 0.3) is 0 Å². The van der Waals surface area contributed by atoms with Gasteiger partial charge in [-0.15, -0.1) is 0 Å². The number of rotatable bonds is 2. The Balaban J connectivity index is 1.77. The largest absolute Gasteiger partial charge is 0.299 e. The van der Waals surface area contributed by atoms with Gasteiger partial charge in [0.05, 0.1) is 0 Å². The summed E-state index contributed by atoms with van der Waals surface area (Å²) in [6.07, 6.45) is 2.18. The highest BCUT2D eigenvalue weighted by Crippen LogP contribution is 2.64. The number of Topliss-reactive ketones (excluding diaryl/α,β-unsaturated/α-hetero) is 1. The first kappa shape index (κ1) is 12.4. The molecule has 0 N–H and O–H groups in total. The molecule has 2 saturated carbocycles. The van der Waals surface area contributed by atoms with Crippen LogP contribution in [0, 0.1) is 23.7 Å². The number of hydrogen-bond donors (Lipinski definition) is 0. The van der Waals surface area contributed by atoms with Crippen molar-refractivity contribution < 1.29 is 4.79 Å². The fourth-order valence-electron chi connectivity index (χ4n) is 5.13. The number of carbonyl (C=O) groups excluding carboxylic acids is 1. The first-order valence-electron chi connectivity index (χ1n) is 8.23. The predicted octanol–water partition coefficient (Wildman–Crippen LogP) is 4.45. The summed E-state index contributed by atoms with van der Waals surface area (Å²) in [5.74, 6) is 2.13. The van der Waals surface area contributed by atoms with Crippen molar-refractivity contribution in [1.82, 2.24) is 0 Å². The molecule has 4 atom stereocenters. The van der Waals surface area contributed by atoms with E-state index in [-0.39, 0.29) is 5.92 Å². The van der Waals surface area contributed by atoms with Gasteiger partial charge in [0.1, 0.15) is 5.78 Å². The van der Waals surface area contributed by atoms with E-state index in [9.17, 15) is 4.79 Å². The van der Waals surface area contributed by atoms with Crippen LogP contribution < -0.4 is 0 Å². The summed E-state index contributed by atoms with van der Waals surface area (Å²) in [4.78, 5) is 12.8. The number of carbonyl (C=O) groups is 1. The average molecular weight is 286 g/mol. The predicted molar refractivity (Wildman–Crippen MR) is 87.9 cm³/mol. The lowest BCUT2D eigenvalue weighted by Gasteiger charge is -2.20. The molecule has 0 radical (unpaired) electrons. The van der Waals surface area contributed by atoms with Crippen molar-refractivity contribution in [2.45, 2.75) is 12.8 Å². The van der Waals surface area contributed by atoms with Gasteiger partial charge in [0.2, 0.25) is 0 Å². The van der Waals surface area contributed by atoms with Gasteiger partial charge in [-0.05, 0) is 47.0 Å². The number of fused-ring (bicyclic) bond motifs is 1. The number of ketones is 1. The van der Waals surface area contributed by atoms with Gasteiger partial charge in [0.15, 0.2) is 0 Å². The SMILES string of the molecule is O=C1C2C(c3ccccc3)=C(c3ccccc3)C3C[C@H]1C[C@@H]32. The van der Waals surface area contributed by atoms with E-state index >= 15 is 0 Å². The molecule has 2 fully saturated rings. The van der Waals surface area contributed by atoms with Gasteiger partial charge >= 0.3 is 0 Å². The van der Waals surface area contributed by atoms with Crippen LogP contribution in [0.4, 0.5) is 0 Å². The van der Waals surface area contributed by atoms with Crippen molar-refractivity contribution in [1.29, 1.82) is 0 Å². The van der Waals surface area contributed by atoms with Gasteiger partial charge in [-0.25, -0.2) is 0 Å². The summed E-state index contributed by atoms with van der Waals surface area (Å²) in [7, 11) is 0. The third-order valence-corrected chi connectivity index (χ3v) is 5.89. The number of benzene rings is 2. The lowest BCUT2D eigenvalue weighted by Crippen LogP contribution is -2.23. The van der Waals surface area contributed by atoms with Crippen LogP contribution in [0.3, 0.4) is 0 Å². The van der Waals surface area contributed by atoms with Crippen LogP contribution >= 0.6 is 0 Å². The lowest BCUT2D eigenvalue weighted by atomic mass is 9.82. The zero-order valence-corrected chi connectivity index (χ0v) is 12.4. The smallest absolute Gasteiger partial charge is 0.143 e. The molecule has 1 nitrogen and oxygen atoms in total. The summed E-state index contributed by atoms with van der Waals surface area (Å²) in [6.45, 7) is 0. The third kappa shape index (κ3) is 1.51. The molecule has 22 heavy (non-hydrogen) atoms. The van der Waals surface area contributed by atoms with Gasteiger partial charge < -0.3 is 0 Å². The summed E-state index contributed by atoms with van der Waals surface area (Å²) in [5.41, 5.74) is 5.34. The maximum Gasteiger partial charge on any atom is 0.143 e. The Bertz CT molecular complexity index is 772. The monoisotopic (exact) mass is 286 g/mol. The van der Waals surface area contributed by atoms with Crippen LogP contribution in [0.5, 0.6) is 0 Å². The molecule has 0 aliphatic heterocycles. The Morgan fingerprint density at radius 1 is 0.727 bits per heavy atom. The molecule has 2 aromatic carbocycles. The molecule has 0 amide bonds. The fraction of sp³-hybridized carbons (Fsp3) is 0.286. The second-order valence-corrected chi connectivity index (χ2v) is 6.88. The molecule has 2 unspecified atom stereocenters. The van der Waals surface area contributed by atoms with E-state index in [0.717, 1.165) is 12.8 Å². The van der Waals surface area contributed by atoms with Crippen LogP contribution in [-0.4, -0.2) is 5.78 Å². The molecule has 1 heteroatoms. The highest BCUT2D eigenvalue weighted by atomic mass is 16.1. The molecule has 3 aliphatic rings. The van der Waals surface area contributed by atoms with Crippen LogP contribution in [0.1, 0.15) is 24.0 Å². The maximum atomic E-state index is 12.8. The molecule has 0 aromatic heterocycles. The summed E-state index contributed by atoms with van der Waals surface area (Å²) < 4.78 is 0. The highest BCUT2D eigenvalue weighted by Gasteiger charge is 2.59. The third-order valence-electron chi connectivity index (χ3n) is 5.89. The molecule has 5 rings (SSSR count). The molecule has 2 bridgehead atoms. The Morgan fingerprint density at radius 3 is 1.91 bits per heavy atom. The first-order valence-corrected chi connectivity index (χ1v) is 8.23. The van der Waals surface area contributed by atoms with E-state index < -0.39 is 0 Å². The van der Waals surface area contributed by atoms with E-state index in [1.807, 2.05) is 0 Å². The van der Waals surface area contributed by atoms with Gasteiger partial charge in [-0.2, -0.15) is 0 Å². The average Bonchev–Trinajstić information content (AvgIpc) is 3.18. The first-order chi connectivity index (χ1) is 10.8. The fourth-order valence-corrected chi connectivity index (χ4v) is 5.13. The molecule has 0 saturated heterocycles. The standard InChI is InChI=1S/C21H18O/c22-21-15-11-16-17(12-15)20(21)19(14-9-5-2-6-10-14)18(16)13-7-3-1-4-8-13/h1-10,15-17,20H,11-12H2/t15-,16?,17-,20?/m0/s1. The molecule has 3 aliphatic carbocycles. The Kier molecular flexibility index (Phi) is 2.49. The topological polar surface area (TPSA) is 17.1 Å². The molecule has 0 spiro atoms. The van der Waals surface area contributed by atoms with Crippen molar-refractivity contribution in [2.75, 3.05) is 0 Å². The normalized spacial score (nSPS) is 32.1. The summed E-state index contributed by atoms with van der Waals surface area (Å²) >= 11 is 0. The van der Waals surface area contributed by atoms with Crippen LogP contribution in [0.25, 0.3) is 11.1 Å². The number of hydrogen-bond acceptors (Lipinski definition) is 1. The Labute approximate surface area is 130 Å². The zero-order chi connectivity index (χ0) is 14.7. The maximum absolute atomic E-state index is 12.8. The van der Waals surface area contributed by atoms with E-state index in [0.29, 0.717) is 23.5 Å². The Morgan fingerprint density at radius 2 is 1.32 bits per heavy atom. The second kappa shape index (κ2) is 4.42. The zero-order valence-electron chi connectivity index (χ0n) is 12.4. The molecule has 108 valence electrons. The van der Waals surface area contributed by atoms with Crippen LogP contribution in [0.15, 0.2) is 60.7 Å². The van der Waals surface area contributed by atoms with Gasteiger partial charge in [-0.3, -0.25) is 4.79 Å². The van der Waals surface area contributed by atoms with Crippen molar-refractivity contribution in [3.05, 3.63) is 71.8 Å². The lowest BCUT2D eigenvalue weighted by molar-refractivity contribution is -0.124. The van der Waals surface area contributed by atoms with E-state index in [1.54, 1.807) is 0 Å². The highest BCUT2D eigenvalue weighted by molar-refractivity contribution is 6.09. The van der Waals surface area contributed by atoms with Gasteiger partial charge in [-0.1, -0.05) is 60.7 Å². The molecule has 0 heterocycles. The second-order valence-electron chi connectivity index (χ2n) is 6.88. The summed E-state index contributed by atoms with van der Waals surface area (Å²) in [5, 5.41) is 0. The minimum absolute atomic E-state index is 0.154. The molecular formula is C21H18O. The Hall–Kier alpha value is -2.15. The van der Waals surface area contributed by atoms with Crippen LogP contribution in [-0.2, 0) is 4.79 Å². The van der Waals surface area contributed by atoms with Crippen molar-refractivity contribution in [3.63, 3.8) is 0 Å². The van der Waals surface area contributed by atoms with E-state index in [1.165, 1.54) is 22.3 Å². The number of allylic oxidation sites excluding steroid dienone is 2. The van der Waals surface area contributed by atoms with Crippen LogP contribution in [0.2, 0.25) is 0 Å². The van der Waals surface area contributed by atoms with Crippen molar-refractivity contribution >= 4 is 16.9 Å². The minimum Gasteiger partial charge on any atom is -0.299 e. The molecule has 2 aromatic rings. The minimum atomic E-state index is 0.154. The quantitative estimate of drug-likeness (QED) is 0.797. The van der Waals surface area contributed by atoms with E-state index in [4.69, 9.17) is 0 Å². The summed E-state index contributed by atoms with van der Waals surface area (Å²) in [6, 6.07) is 21.3. The van der Waals surface area contributed by atoms with Crippen molar-refractivity contribution in [3.8, 4) is 0 Å².